The molecule has 5 aromatic rings. The van der Waals surface area contributed by atoms with Crippen LogP contribution in [0.4, 0.5) is 5.69 Å². The Balaban J connectivity index is 0.000000199. The van der Waals surface area contributed by atoms with Gasteiger partial charge in [0.2, 0.25) is 0 Å². The number of aliphatic carboxylic acids is 1. The average Bonchev–Trinajstić information content (AvgIpc) is 3.00. The van der Waals surface area contributed by atoms with Gasteiger partial charge in [-0.3, -0.25) is 0 Å². The van der Waals surface area contributed by atoms with Gasteiger partial charge in [-0.15, -0.1) is 0 Å². The third-order valence-electron chi connectivity index (χ3n) is 7.53. The van der Waals surface area contributed by atoms with E-state index in [1.165, 1.54) is 56.1 Å². The first-order chi connectivity index (χ1) is 20.4. The fourth-order valence-corrected chi connectivity index (χ4v) is 5.49. The van der Waals surface area contributed by atoms with Crippen LogP contribution in [0.1, 0.15) is 47.4 Å². The molecule has 0 saturated heterocycles. The number of nitrogens with zero attached hydrogens (tertiary/aromatic N) is 2. The number of anilines is 1. The summed E-state index contributed by atoms with van der Waals surface area (Å²) in [6, 6.07) is 29.4. The van der Waals surface area contributed by atoms with Gasteiger partial charge in [0, 0.05) is 29.4 Å². The molecule has 0 radical (unpaired) electrons. The smallest absolute Gasteiger partial charge is 0.328 e. The lowest BCUT2D eigenvalue weighted by atomic mass is 9.94. The fraction of sp³-hybridized carbons (Fsp3) is 0.158. The van der Waals surface area contributed by atoms with E-state index in [4.69, 9.17) is 5.11 Å². The maximum Gasteiger partial charge on any atom is 0.328 e. The minimum absolute atomic E-state index is 0.649. The van der Waals surface area contributed by atoms with Crippen LogP contribution in [0.3, 0.4) is 0 Å². The molecule has 42 heavy (non-hydrogen) atoms. The van der Waals surface area contributed by atoms with E-state index < -0.39 is 5.97 Å². The zero-order chi connectivity index (χ0) is 29.6. The maximum atomic E-state index is 10.3. The zero-order valence-corrected chi connectivity index (χ0v) is 24.6. The number of hydrogen-bond acceptors (Lipinski definition) is 3. The van der Waals surface area contributed by atoms with Crippen LogP contribution in [0.5, 0.6) is 0 Å². The number of para-hydroxylation sites is 1. The number of hydrogen-bond donors (Lipinski definition) is 1. The molecule has 0 amide bonds. The van der Waals surface area contributed by atoms with Gasteiger partial charge < -0.3 is 10.0 Å². The van der Waals surface area contributed by atoms with E-state index in [2.05, 4.69) is 104 Å². The normalized spacial score (nSPS) is 13.4. The van der Waals surface area contributed by atoms with Gasteiger partial charge in [-0.1, -0.05) is 84.8 Å². The second kappa shape index (κ2) is 12.7. The molecule has 0 atom stereocenters. The highest BCUT2D eigenvalue weighted by atomic mass is 16.4. The lowest BCUT2D eigenvalue weighted by Gasteiger charge is -2.30. The summed E-state index contributed by atoms with van der Waals surface area (Å²) in [6.45, 7) is 9.75. The van der Waals surface area contributed by atoms with Crippen molar-refractivity contribution in [3.63, 3.8) is 0 Å². The summed E-state index contributed by atoms with van der Waals surface area (Å²) in [5.41, 5.74) is 10.7. The monoisotopic (exact) mass is 552 g/mol. The van der Waals surface area contributed by atoms with Gasteiger partial charge in [0.25, 0.3) is 0 Å². The van der Waals surface area contributed by atoms with Crippen LogP contribution >= 0.6 is 0 Å². The summed E-state index contributed by atoms with van der Waals surface area (Å²) in [4.78, 5) is 17.0. The molecule has 1 aliphatic rings. The van der Waals surface area contributed by atoms with Crippen molar-refractivity contribution in [3.05, 3.63) is 136 Å². The number of aromatic nitrogens is 1. The molecule has 2 heterocycles. The number of carboxylic acid groups (broad SMARTS) is 1. The number of rotatable bonds is 5. The van der Waals surface area contributed by atoms with Crippen LogP contribution in [0, 0.1) is 13.8 Å². The Labute approximate surface area is 248 Å². The number of fused-ring (bicyclic) bond motifs is 3. The minimum Gasteiger partial charge on any atom is -0.478 e. The van der Waals surface area contributed by atoms with Crippen molar-refractivity contribution in [2.75, 3.05) is 11.4 Å². The molecule has 0 aliphatic carbocycles. The predicted octanol–water partition coefficient (Wildman–Crippen LogP) is 9.25. The van der Waals surface area contributed by atoms with E-state index in [-0.39, 0.29) is 0 Å². The Morgan fingerprint density at radius 2 is 1.62 bits per heavy atom. The number of likely N-dealkylation sites (N-methyl/N-ethyl adjacent to an activating group) is 1. The fourth-order valence-electron chi connectivity index (χ4n) is 5.49. The largest absolute Gasteiger partial charge is 0.478 e. The maximum absolute atomic E-state index is 10.3. The standard InChI is InChI=1S/C26H27N.C12H9NO2/c1-5-24-21(10-9-20-15-18(3)7-13-25(20)24)17-23-12-11-22-16-19(4)8-14-26(22)27(23)6-2;14-12(15)8-7-10-6-5-9-3-1-2-4-11(9)13-10/h7-17H,5-6H2,1-4H3;1-8H,(H,14,15)/b23-17+;8-7+. The first-order valence-corrected chi connectivity index (χ1v) is 14.4. The number of carboxylic acids is 1. The van der Waals surface area contributed by atoms with Gasteiger partial charge in [0.05, 0.1) is 11.2 Å². The van der Waals surface area contributed by atoms with E-state index in [9.17, 15) is 4.79 Å². The van der Waals surface area contributed by atoms with Crippen LogP contribution in [-0.2, 0) is 11.2 Å². The second-order valence-electron chi connectivity index (χ2n) is 10.5. The molecule has 0 saturated carbocycles. The van der Waals surface area contributed by atoms with Crippen molar-refractivity contribution in [3.8, 4) is 0 Å². The van der Waals surface area contributed by atoms with Crippen molar-refractivity contribution in [2.45, 2.75) is 34.1 Å². The molecule has 4 heteroatoms. The van der Waals surface area contributed by atoms with E-state index in [0.29, 0.717) is 5.69 Å². The van der Waals surface area contributed by atoms with Crippen molar-refractivity contribution in [1.29, 1.82) is 0 Å². The van der Waals surface area contributed by atoms with E-state index in [1.807, 2.05) is 30.3 Å². The Hall–Kier alpha value is -4.96. The summed E-state index contributed by atoms with van der Waals surface area (Å²) < 4.78 is 0. The lowest BCUT2D eigenvalue weighted by molar-refractivity contribution is -0.131. The molecule has 0 bridgehead atoms. The van der Waals surface area contributed by atoms with E-state index >= 15 is 0 Å². The second-order valence-corrected chi connectivity index (χ2v) is 10.5. The van der Waals surface area contributed by atoms with Gasteiger partial charge in [0.1, 0.15) is 0 Å². The summed E-state index contributed by atoms with van der Waals surface area (Å²) in [5, 5.41) is 12.2. The van der Waals surface area contributed by atoms with E-state index in [1.54, 1.807) is 6.07 Å². The summed E-state index contributed by atoms with van der Waals surface area (Å²) in [5.74, 6) is -0.968. The summed E-state index contributed by atoms with van der Waals surface area (Å²) in [6.07, 6.45) is 10.4. The molecular formula is C38H36N2O2. The van der Waals surface area contributed by atoms with Gasteiger partial charge in [-0.05, 0) is 97.1 Å². The molecule has 0 spiro atoms. The Morgan fingerprint density at radius 3 is 2.40 bits per heavy atom. The molecule has 4 aromatic carbocycles. The van der Waals surface area contributed by atoms with Gasteiger partial charge in [-0.25, -0.2) is 9.78 Å². The van der Waals surface area contributed by atoms with Crippen LogP contribution in [0.25, 0.3) is 39.9 Å². The molecule has 210 valence electrons. The first kappa shape index (κ1) is 28.6. The number of benzene rings is 4. The number of carbonyl (C=O) groups is 1. The quantitative estimate of drug-likeness (QED) is 0.221. The van der Waals surface area contributed by atoms with Crippen molar-refractivity contribution < 1.29 is 9.90 Å². The molecule has 1 aliphatic heterocycles. The highest BCUT2D eigenvalue weighted by Gasteiger charge is 2.17. The number of pyridine rings is 1. The number of allylic oxidation sites excluding steroid dienone is 1. The number of aryl methyl sites for hydroxylation is 3. The van der Waals surface area contributed by atoms with E-state index in [0.717, 1.165) is 29.9 Å². The SMILES string of the molecule is CCc1c(/C=C2\C=Cc3cc(C)ccc3N2CC)ccc2cc(C)ccc12.O=C(O)/C=C/c1ccc2ccccc2n1. The highest BCUT2D eigenvalue weighted by Crippen LogP contribution is 2.33. The van der Waals surface area contributed by atoms with Crippen molar-refractivity contribution >= 4 is 51.6 Å². The van der Waals surface area contributed by atoms with Crippen molar-refractivity contribution in [2.24, 2.45) is 0 Å². The van der Waals surface area contributed by atoms with Gasteiger partial charge >= 0.3 is 5.97 Å². The molecular weight excluding hydrogens is 516 g/mol. The first-order valence-electron chi connectivity index (χ1n) is 14.4. The molecule has 6 rings (SSSR count). The van der Waals surface area contributed by atoms with Gasteiger partial charge in [0.15, 0.2) is 0 Å². The summed E-state index contributed by atoms with van der Waals surface area (Å²) in [7, 11) is 0. The minimum atomic E-state index is -0.968. The Kier molecular flexibility index (Phi) is 8.63. The molecule has 0 unspecified atom stereocenters. The average molecular weight is 553 g/mol. The van der Waals surface area contributed by atoms with Crippen molar-refractivity contribution in [1.82, 2.24) is 4.98 Å². The predicted molar refractivity (Wildman–Crippen MR) is 178 cm³/mol. The Morgan fingerprint density at radius 1 is 0.857 bits per heavy atom. The van der Waals surface area contributed by atoms with Crippen LogP contribution in [-0.4, -0.2) is 22.6 Å². The van der Waals surface area contributed by atoms with Gasteiger partial charge in [-0.2, -0.15) is 0 Å². The third kappa shape index (κ3) is 6.34. The molecule has 0 fully saturated rings. The highest BCUT2D eigenvalue weighted by molar-refractivity contribution is 5.91. The van der Waals surface area contributed by atoms with Crippen LogP contribution in [0.2, 0.25) is 0 Å². The lowest BCUT2D eigenvalue weighted by Crippen LogP contribution is -2.23. The van der Waals surface area contributed by atoms with Crippen LogP contribution < -0.4 is 4.90 Å². The Bertz CT molecular complexity index is 1860. The topological polar surface area (TPSA) is 53.4 Å². The molecule has 1 N–H and O–H groups in total. The third-order valence-corrected chi connectivity index (χ3v) is 7.53. The molecule has 1 aromatic heterocycles. The zero-order valence-electron chi connectivity index (χ0n) is 24.6. The van der Waals surface area contributed by atoms with Crippen LogP contribution in [0.15, 0.2) is 103 Å². The summed E-state index contributed by atoms with van der Waals surface area (Å²) >= 11 is 0. The molecule has 4 nitrogen and oxygen atoms in total.